The van der Waals surface area contributed by atoms with Gasteiger partial charge in [-0.3, -0.25) is 4.79 Å². The molecule has 0 saturated carbocycles. The van der Waals surface area contributed by atoms with E-state index in [4.69, 9.17) is 9.90 Å². The normalized spacial score (nSPS) is 7.22. The summed E-state index contributed by atoms with van der Waals surface area (Å²) < 4.78 is 0. The fourth-order valence-electron chi connectivity index (χ4n) is 0.328. The quantitative estimate of drug-likeness (QED) is 0.625. The third-order valence-electron chi connectivity index (χ3n) is 0.744. The molecule has 0 rings (SSSR count). The fraction of sp³-hybridized carbons (Fsp3) is 0.667. The molecule has 9 heavy (non-hydrogen) atoms. The average Bonchev–Trinajstić information content (AvgIpc) is 1.88. The van der Waals surface area contributed by atoms with Gasteiger partial charge in [0.2, 0.25) is 0 Å². The Labute approximate surface area is 54.7 Å². The highest BCUT2D eigenvalue weighted by Gasteiger charge is 1.90. The minimum absolute atomic E-state index is 0.316. The molecule has 54 valence electrons. The van der Waals surface area contributed by atoms with E-state index in [0.29, 0.717) is 6.42 Å². The molecule has 0 saturated heterocycles. The molecule has 3 nitrogen and oxygen atoms in total. The lowest BCUT2D eigenvalue weighted by atomic mass is 10.3. The van der Waals surface area contributed by atoms with Crippen LogP contribution in [0.15, 0.2) is 0 Å². The van der Waals surface area contributed by atoms with E-state index in [1.807, 2.05) is 13.7 Å². The molecule has 3 heteroatoms. The van der Waals surface area contributed by atoms with E-state index in [-0.39, 0.29) is 0 Å². The van der Waals surface area contributed by atoms with Gasteiger partial charge in [0.05, 0.1) is 0 Å². The third-order valence-corrected chi connectivity index (χ3v) is 0.744. The molecular weight excluding hydrogens is 120 g/mol. The molecule has 0 aliphatic rings. The molecule has 0 aromatic carbocycles. The van der Waals surface area contributed by atoms with Gasteiger partial charge in [-0.05, 0) is 6.42 Å². The second-order valence-corrected chi connectivity index (χ2v) is 1.50. The second-order valence-electron chi connectivity index (χ2n) is 1.50. The SMILES string of the molecule is C=O.CCCCC(=O)O. The number of hydrogen-bond acceptors (Lipinski definition) is 2. The zero-order valence-corrected chi connectivity index (χ0v) is 5.59. The second kappa shape index (κ2) is 10.2. The average molecular weight is 132 g/mol. The van der Waals surface area contributed by atoms with Gasteiger partial charge in [0, 0.05) is 6.42 Å². The van der Waals surface area contributed by atoms with Gasteiger partial charge < -0.3 is 9.90 Å². The lowest BCUT2D eigenvalue weighted by molar-refractivity contribution is -0.137. The Morgan fingerprint density at radius 2 is 2.00 bits per heavy atom. The molecule has 0 heterocycles. The van der Waals surface area contributed by atoms with Crippen molar-refractivity contribution in [3.05, 3.63) is 0 Å². The van der Waals surface area contributed by atoms with Crippen LogP contribution >= 0.6 is 0 Å². The van der Waals surface area contributed by atoms with Crippen LogP contribution in [0.2, 0.25) is 0 Å². The largest absolute Gasteiger partial charge is 0.481 e. The Balaban J connectivity index is 0. The predicted octanol–water partition coefficient (Wildman–Crippen LogP) is 1.08. The Morgan fingerprint density at radius 3 is 2.11 bits per heavy atom. The highest BCUT2D eigenvalue weighted by molar-refractivity contribution is 5.66. The van der Waals surface area contributed by atoms with Crippen LogP contribution in [0, 0.1) is 0 Å². The zero-order chi connectivity index (χ0) is 7.70. The maximum atomic E-state index is 9.76. The van der Waals surface area contributed by atoms with Crippen molar-refractivity contribution in [1.82, 2.24) is 0 Å². The van der Waals surface area contributed by atoms with Crippen LogP contribution in [0.3, 0.4) is 0 Å². The summed E-state index contributed by atoms with van der Waals surface area (Å²) in [4.78, 5) is 17.8. The van der Waals surface area contributed by atoms with Crippen molar-refractivity contribution in [2.45, 2.75) is 26.2 Å². The monoisotopic (exact) mass is 132 g/mol. The van der Waals surface area contributed by atoms with E-state index in [1.54, 1.807) is 0 Å². The Hall–Kier alpha value is -0.860. The van der Waals surface area contributed by atoms with E-state index in [9.17, 15) is 4.79 Å². The van der Waals surface area contributed by atoms with Gasteiger partial charge in [0.15, 0.2) is 0 Å². The summed E-state index contributed by atoms with van der Waals surface area (Å²) in [5.74, 6) is -0.693. The van der Waals surface area contributed by atoms with E-state index in [1.165, 1.54) is 0 Å². The summed E-state index contributed by atoms with van der Waals surface area (Å²) in [5, 5.41) is 8.04. The molecule has 0 radical (unpaired) electrons. The van der Waals surface area contributed by atoms with Crippen LogP contribution in [-0.2, 0) is 9.59 Å². The zero-order valence-electron chi connectivity index (χ0n) is 5.59. The van der Waals surface area contributed by atoms with Gasteiger partial charge in [0.25, 0.3) is 0 Å². The van der Waals surface area contributed by atoms with E-state index >= 15 is 0 Å². The van der Waals surface area contributed by atoms with Crippen LogP contribution in [0.25, 0.3) is 0 Å². The Morgan fingerprint density at radius 1 is 1.56 bits per heavy atom. The fourth-order valence-corrected chi connectivity index (χ4v) is 0.328. The van der Waals surface area contributed by atoms with Gasteiger partial charge >= 0.3 is 5.97 Å². The van der Waals surface area contributed by atoms with Crippen molar-refractivity contribution in [2.24, 2.45) is 0 Å². The number of rotatable bonds is 3. The van der Waals surface area contributed by atoms with Crippen LogP contribution in [0.1, 0.15) is 26.2 Å². The summed E-state index contributed by atoms with van der Waals surface area (Å²) >= 11 is 0. The minimum atomic E-state index is -0.693. The first-order valence-electron chi connectivity index (χ1n) is 2.78. The smallest absolute Gasteiger partial charge is 0.303 e. The van der Waals surface area contributed by atoms with Crippen molar-refractivity contribution >= 4 is 12.8 Å². The molecule has 0 bridgehead atoms. The van der Waals surface area contributed by atoms with Crippen molar-refractivity contribution in [3.8, 4) is 0 Å². The Bertz CT molecular complexity index is 70.7. The molecule has 0 spiro atoms. The molecule has 1 N–H and O–H groups in total. The van der Waals surface area contributed by atoms with Crippen molar-refractivity contribution < 1.29 is 14.7 Å². The molecular formula is C6H12O3. The van der Waals surface area contributed by atoms with Gasteiger partial charge in [-0.15, -0.1) is 0 Å². The Kier molecular flexibility index (Phi) is 12.5. The standard InChI is InChI=1S/C5H10O2.CH2O/c1-2-3-4-5(6)7;1-2/h2-4H2,1H3,(H,6,7);1H2. The van der Waals surface area contributed by atoms with Crippen molar-refractivity contribution in [3.63, 3.8) is 0 Å². The molecule has 0 fully saturated rings. The first kappa shape index (κ1) is 11.0. The van der Waals surface area contributed by atoms with Crippen molar-refractivity contribution in [1.29, 1.82) is 0 Å². The lowest BCUT2D eigenvalue weighted by Gasteiger charge is -1.85. The van der Waals surface area contributed by atoms with Crippen LogP contribution in [0.5, 0.6) is 0 Å². The van der Waals surface area contributed by atoms with Gasteiger partial charge in [-0.1, -0.05) is 13.3 Å². The topological polar surface area (TPSA) is 54.4 Å². The lowest BCUT2D eigenvalue weighted by Crippen LogP contribution is -1.91. The summed E-state index contributed by atoms with van der Waals surface area (Å²) in [6, 6.07) is 0. The van der Waals surface area contributed by atoms with E-state index in [0.717, 1.165) is 12.8 Å². The number of hydrogen-bond donors (Lipinski definition) is 1. The van der Waals surface area contributed by atoms with Gasteiger partial charge in [-0.25, -0.2) is 0 Å². The van der Waals surface area contributed by atoms with Crippen molar-refractivity contribution in [2.75, 3.05) is 0 Å². The molecule has 0 atom stereocenters. The van der Waals surface area contributed by atoms with Crippen LogP contribution in [-0.4, -0.2) is 17.9 Å². The maximum Gasteiger partial charge on any atom is 0.303 e. The number of unbranched alkanes of at least 4 members (excludes halogenated alkanes) is 1. The highest BCUT2D eigenvalue weighted by atomic mass is 16.4. The minimum Gasteiger partial charge on any atom is -0.481 e. The molecule has 0 aromatic heterocycles. The summed E-state index contributed by atoms with van der Waals surface area (Å²) in [5.41, 5.74) is 0. The van der Waals surface area contributed by atoms with Crippen LogP contribution in [0.4, 0.5) is 0 Å². The summed E-state index contributed by atoms with van der Waals surface area (Å²) in [6.45, 7) is 3.98. The van der Waals surface area contributed by atoms with E-state index < -0.39 is 5.97 Å². The number of aliphatic carboxylic acids is 1. The van der Waals surface area contributed by atoms with Gasteiger partial charge in [-0.2, -0.15) is 0 Å². The molecule has 0 aromatic rings. The molecule has 0 unspecified atom stereocenters. The number of carboxylic acid groups (broad SMARTS) is 1. The third kappa shape index (κ3) is 19.1. The summed E-state index contributed by atoms with van der Waals surface area (Å²) in [6.07, 6.45) is 2.08. The summed E-state index contributed by atoms with van der Waals surface area (Å²) in [7, 11) is 0. The number of carboxylic acids is 1. The predicted molar refractivity (Wildman–Crippen MR) is 34.3 cm³/mol. The van der Waals surface area contributed by atoms with Gasteiger partial charge in [0.1, 0.15) is 6.79 Å². The first-order chi connectivity index (χ1) is 4.27. The molecule has 0 amide bonds. The number of carbonyl (C=O) groups is 2. The number of carbonyl (C=O) groups excluding carboxylic acids is 1. The van der Waals surface area contributed by atoms with Crippen LogP contribution < -0.4 is 0 Å². The molecule has 0 aliphatic heterocycles. The van der Waals surface area contributed by atoms with E-state index in [2.05, 4.69) is 0 Å². The highest BCUT2D eigenvalue weighted by Crippen LogP contribution is 1.91. The molecule has 0 aliphatic carbocycles. The first-order valence-corrected chi connectivity index (χ1v) is 2.78. The maximum absolute atomic E-state index is 9.76.